The van der Waals surface area contributed by atoms with Gasteiger partial charge in [-0.05, 0) is 18.8 Å². The molecule has 1 aromatic heterocycles. The highest BCUT2D eigenvalue weighted by atomic mass is 19.3. The summed E-state index contributed by atoms with van der Waals surface area (Å²) in [5.74, 6) is 0.849. The van der Waals surface area contributed by atoms with Gasteiger partial charge >= 0.3 is 6.55 Å². The van der Waals surface area contributed by atoms with Crippen LogP contribution in [0.5, 0.6) is 0 Å². The van der Waals surface area contributed by atoms with Gasteiger partial charge < -0.3 is 10.1 Å². The van der Waals surface area contributed by atoms with Crippen molar-refractivity contribution >= 4 is 0 Å². The van der Waals surface area contributed by atoms with Crippen LogP contribution >= 0.6 is 0 Å². The summed E-state index contributed by atoms with van der Waals surface area (Å²) >= 11 is 0. The average Bonchev–Trinajstić information content (AvgIpc) is 2.97. The Hall–Kier alpha value is -1.01. The van der Waals surface area contributed by atoms with Crippen molar-refractivity contribution in [1.29, 1.82) is 0 Å². The average molecular weight is 259 g/mol. The Kier molecular flexibility index (Phi) is 4.66. The van der Waals surface area contributed by atoms with Crippen LogP contribution in [-0.2, 0) is 11.3 Å². The molecule has 1 aromatic rings. The minimum Gasteiger partial charge on any atom is -0.378 e. The largest absolute Gasteiger partial charge is 0.378 e. The maximum absolute atomic E-state index is 12.6. The van der Waals surface area contributed by atoms with Gasteiger partial charge in [0.05, 0.1) is 12.6 Å². The van der Waals surface area contributed by atoms with E-state index in [2.05, 4.69) is 17.2 Å². The third-order valence-corrected chi connectivity index (χ3v) is 3.40. The van der Waals surface area contributed by atoms with Gasteiger partial charge in [-0.25, -0.2) is 4.98 Å². The Morgan fingerprint density at radius 3 is 3.17 bits per heavy atom. The van der Waals surface area contributed by atoms with Crippen LogP contribution in [0.25, 0.3) is 0 Å². The second kappa shape index (κ2) is 6.24. The maximum Gasteiger partial charge on any atom is 0.319 e. The lowest BCUT2D eigenvalue weighted by Gasteiger charge is -2.17. The zero-order valence-electron chi connectivity index (χ0n) is 10.5. The van der Waals surface area contributed by atoms with E-state index in [-0.39, 0.29) is 0 Å². The van der Waals surface area contributed by atoms with Gasteiger partial charge in [0.1, 0.15) is 5.82 Å². The number of aromatic nitrogens is 2. The molecule has 0 aromatic carbocycles. The standard InChI is InChI=1S/C12H19F2N3O/c1-2-10-9(3-6-18-10)7-15-8-11-16-4-5-17(11)12(13)14/h4-5,9-10,12,15H,2-3,6-8H2,1H3. The van der Waals surface area contributed by atoms with Crippen molar-refractivity contribution in [1.82, 2.24) is 14.9 Å². The third-order valence-electron chi connectivity index (χ3n) is 3.40. The molecule has 0 radical (unpaired) electrons. The van der Waals surface area contributed by atoms with E-state index in [1.807, 2.05) is 0 Å². The van der Waals surface area contributed by atoms with Crippen molar-refractivity contribution in [3.8, 4) is 0 Å². The predicted octanol–water partition coefficient (Wildman–Crippen LogP) is 2.18. The van der Waals surface area contributed by atoms with E-state index in [0.717, 1.165) is 30.6 Å². The van der Waals surface area contributed by atoms with Gasteiger partial charge in [-0.2, -0.15) is 8.78 Å². The Labute approximate surface area is 105 Å². The van der Waals surface area contributed by atoms with E-state index < -0.39 is 6.55 Å². The highest BCUT2D eigenvalue weighted by Gasteiger charge is 2.26. The fraction of sp³-hybridized carbons (Fsp3) is 0.750. The van der Waals surface area contributed by atoms with Gasteiger partial charge in [0, 0.05) is 25.5 Å². The number of nitrogens with zero attached hydrogens (tertiary/aromatic N) is 2. The molecule has 2 rings (SSSR count). The number of alkyl halides is 2. The van der Waals surface area contributed by atoms with Crippen molar-refractivity contribution in [2.24, 2.45) is 5.92 Å². The highest BCUT2D eigenvalue weighted by Crippen LogP contribution is 2.22. The molecule has 102 valence electrons. The first-order valence-electron chi connectivity index (χ1n) is 6.34. The van der Waals surface area contributed by atoms with E-state index in [0.29, 0.717) is 24.4 Å². The Morgan fingerprint density at radius 2 is 2.44 bits per heavy atom. The molecule has 2 unspecified atom stereocenters. The van der Waals surface area contributed by atoms with Crippen LogP contribution in [0.2, 0.25) is 0 Å². The molecule has 2 atom stereocenters. The zero-order valence-corrected chi connectivity index (χ0v) is 10.5. The molecule has 1 aliphatic rings. The molecule has 0 saturated carbocycles. The van der Waals surface area contributed by atoms with Gasteiger partial charge in [0.15, 0.2) is 0 Å². The molecular weight excluding hydrogens is 240 g/mol. The molecule has 0 aliphatic carbocycles. The maximum atomic E-state index is 12.6. The van der Waals surface area contributed by atoms with E-state index in [1.165, 1.54) is 12.4 Å². The normalized spacial score (nSPS) is 24.0. The fourth-order valence-electron chi connectivity index (χ4n) is 2.41. The minimum atomic E-state index is -2.53. The van der Waals surface area contributed by atoms with Gasteiger partial charge in [-0.1, -0.05) is 6.92 Å². The van der Waals surface area contributed by atoms with Crippen molar-refractivity contribution < 1.29 is 13.5 Å². The van der Waals surface area contributed by atoms with Crippen LogP contribution in [0.15, 0.2) is 12.4 Å². The molecule has 0 amide bonds. The number of nitrogens with one attached hydrogen (secondary N) is 1. The first-order chi connectivity index (χ1) is 8.72. The minimum absolute atomic E-state index is 0.298. The number of ether oxygens (including phenoxy) is 1. The second-order valence-electron chi connectivity index (χ2n) is 4.53. The second-order valence-corrected chi connectivity index (χ2v) is 4.53. The van der Waals surface area contributed by atoms with E-state index in [9.17, 15) is 8.78 Å². The summed E-state index contributed by atoms with van der Waals surface area (Å²) in [6.07, 6.45) is 5.03. The SMILES string of the molecule is CCC1OCCC1CNCc1nccn1C(F)F. The monoisotopic (exact) mass is 259 g/mol. The first-order valence-corrected chi connectivity index (χ1v) is 6.34. The van der Waals surface area contributed by atoms with Crippen LogP contribution < -0.4 is 5.32 Å². The number of hydrogen-bond acceptors (Lipinski definition) is 3. The molecule has 6 heteroatoms. The van der Waals surface area contributed by atoms with Crippen LogP contribution in [0.1, 0.15) is 32.1 Å². The van der Waals surface area contributed by atoms with Crippen molar-refractivity contribution in [3.63, 3.8) is 0 Å². The molecule has 0 spiro atoms. The molecule has 18 heavy (non-hydrogen) atoms. The molecular formula is C12H19F2N3O. The van der Waals surface area contributed by atoms with Crippen molar-refractivity contribution in [3.05, 3.63) is 18.2 Å². The Morgan fingerprint density at radius 1 is 1.61 bits per heavy atom. The van der Waals surface area contributed by atoms with Gasteiger partial charge in [0.25, 0.3) is 0 Å². The molecule has 1 saturated heterocycles. The number of rotatable bonds is 6. The lowest BCUT2D eigenvalue weighted by atomic mass is 10.00. The molecule has 0 bridgehead atoms. The van der Waals surface area contributed by atoms with E-state index >= 15 is 0 Å². The molecule has 2 heterocycles. The number of halogens is 2. The number of imidazole rings is 1. The smallest absolute Gasteiger partial charge is 0.319 e. The summed E-state index contributed by atoms with van der Waals surface area (Å²) < 4.78 is 31.6. The Balaban J connectivity index is 1.79. The summed E-state index contributed by atoms with van der Waals surface area (Å²) in [4.78, 5) is 3.93. The number of hydrogen-bond donors (Lipinski definition) is 1. The van der Waals surface area contributed by atoms with Crippen LogP contribution in [0, 0.1) is 5.92 Å². The summed E-state index contributed by atoms with van der Waals surface area (Å²) in [5.41, 5.74) is 0. The summed E-state index contributed by atoms with van der Waals surface area (Å²) in [5, 5.41) is 3.19. The van der Waals surface area contributed by atoms with Gasteiger partial charge in [-0.15, -0.1) is 0 Å². The summed E-state index contributed by atoms with van der Waals surface area (Å²) in [7, 11) is 0. The quantitative estimate of drug-likeness (QED) is 0.851. The van der Waals surface area contributed by atoms with Crippen LogP contribution in [-0.4, -0.2) is 28.8 Å². The summed E-state index contributed by atoms with van der Waals surface area (Å²) in [6, 6.07) is 0. The molecule has 1 fully saturated rings. The highest BCUT2D eigenvalue weighted by molar-refractivity contribution is 4.92. The van der Waals surface area contributed by atoms with Crippen molar-refractivity contribution in [2.45, 2.75) is 39.0 Å². The molecule has 4 nitrogen and oxygen atoms in total. The lowest BCUT2D eigenvalue weighted by Crippen LogP contribution is -2.28. The molecule has 1 aliphatic heterocycles. The third kappa shape index (κ3) is 3.05. The van der Waals surface area contributed by atoms with Crippen molar-refractivity contribution in [2.75, 3.05) is 13.2 Å². The first kappa shape index (κ1) is 13.4. The van der Waals surface area contributed by atoms with Crippen LogP contribution in [0.3, 0.4) is 0 Å². The van der Waals surface area contributed by atoms with E-state index in [1.54, 1.807) is 0 Å². The van der Waals surface area contributed by atoms with Gasteiger partial charge in [0.2, 0.25) is 0 Å². The summed E-state index contributed by atoms with van der Waals surface area (Å²) in [6.45, 7) is 1.53. The van der Waals surface area contributed by atoms with E-state index in [4.69, 9.17) is 4.74 Å². The topological polar surface area (TPSA) is 39.1 Å². The van der Waals surface area contributed by atoms with Crippen LogP contribution in [0.4, 0.5) is 8.78 Å². The zero-order chi connectivity index (χ0) is 13.0. The fourth-order valence-corrected chi connectivity index (χ4v) is 2.41. The van der Waals surface area contributed by atoms with Gasteiger partial charge in [-0.3, -0.25) is 4.57 Å². The predicted molar refractivity (Wildman–Crippen MR) is 63.3 cm³/mol. The lowest BCUT2D eigenvalue weighted by molar-refractivity contribution is 0.0662. The molecule has 1 N–H and O–H groups in total. The Bertz CT molecular complexity index is 370.